The fourth-order valence-corrected chi connectivity index (χ4v) is 1.52. The number of nitrogens with zero attached hydrogens (tertiary/aromatic N) is 1. The lowest BCUT2D eigenvalue weighted by atomic mass is 9.93. The van der Waals surface area contributed by atoms with E-state index in [-0.39, 0.29) is 5.91 Å². The molecule has 0 unspecified atom stereocenters. The Morgan fingerprint density at radius 1 is 1.57 bits per heavy atom. The molecule has 2 rings (SSSR count). The number of carbonyl (C=O) groups excluding carboxylic acids is 1. The first-order chi connectivity index (χ1) is 6.77. The first-order valence-electron chi connectivity index (χ1n) is 4.99. The third kappa shape index (κ3) is 1.76. The number of pyridine rings is 1. The van der Waals surface area contributed by atoms with Crippen molar-refractivity contribution in [3.63, 3.8) is 0 Å². The van der Waals surface area contributed by atoms with Gasteiger partial charge in [-0.1, -0.05) is 0 Å². The van der Waals surface area contributed by atoms with Crippen LogP contribution in [-0.2, 0) is 0 Å². The predicted molar refractivity (Wildman–Crippen MR) is 54.1 cm³/mol. The third-order valence-corrected chi connectivity index (χ3v) is 2.72. The summed E-state index contributed by atoms with van der Waals surface area (Å²) in [5.74, 6) is 0.0142. The average Bonchev–Trinajstić information content (AvgIpc) is 2.12. The van der Waals surface area contributed by atoms with E-state index < -0.39 is 0 Å². The van der Waals surface area contributed by atoms with E-state index in [0.717, 1.165) is 18.4 Å². The number of aromatic nitrogens is 1. The van der Waals surface area contributed by atoms with E-state index in [1.54, 1.807) is 12.4 Å². The minimum atomic E-state index is 0.0142. The molecule has 0 bridgehead atoms. The fourth-order valence-electron chi connectivity index (χ4n) is 1.52. The van der Waals surface area contributed by atoms with Crippen molar-refractivity contribution in [2.45, 2.75) is 32.2 Å². The van der Waals surface area contributed by atoms with Gasteiger partial charge in [0.2, 0.25) is 0 Å². The number of amides is 1. The van der Waals surface area contributed by atoms with Gasteiger partial charge in [-0.25, -0.2) is 0 Å². The van der Waals surface area contributed by atoms with Crippen LogP contribution in [0.15, 0.2) is 18.5 Å². The second-order valence-corrected chi connectivity index (χ2v) is 3.79. The van der Waals surface area contributed by atoms with Gasteiger partial charge in [0.05, 0.1) is 5.56 Å². The van der Waals surface area contributed by atoms with Crippen LogP contribution >= 0.6 is 0 Å². The van der Waals surface area contributed by atoms with Crippen molar-refractivity contribution < 1.29 is 4.79 Å². The number of hydrogen-bond donors (Lipinski definition) is 1. The Kier molecular flexibility index (Phi) is 2.48. The number of carbonyl (C=O) groups is 1. The van der Waals surface area contributed by atoms with E-state index in [2.05, 4.69) is 10.3 Å². The summed E-state index contributed by atoms with van der Waals surface area (Å²) < 4.78 is 0. The highest BCUT2D eigenvalue weighted by molar-refractivity contribution is 5.95. The number of rotatable bonds is 2. The Morgan fingerprint density at radius 2 is 2.36 bits per heavy atom. The molecule has 74 valence electrons. The molecule has 1 saturated carbocycles. The standard InChI is InChI=1S/C11H14N2O/c1-8-5-6-12-7-10(8)11(14)13-9-3-2-4-9/h5-7,9H,2-4H2,1H3,(H,13,14). The molecular formula is C11H14N2O. The van der Waals surface area contributed by atoms with Crippen molar-refractivity contribution in [2.75, 3.05) is 0 Å². The zero-order valence-electron chi connectivity index (χ0n) is 8.29. The first-order valence-corrected chi connectivity index (χ1v) is 4.99. The maximum Gasteiger partial charge on any atom is 0.253 e. The molecule has 0 radical (unpaired) electrons. The molecule has 1 N–H and O–H groups in total. The van der Waals surface area contributed by atoms with E-state index in [1.807, 2.05) is 13.0 Å². The molecule has 3 heteroatoms. The van der Waals surface area contributed by atoms with Gasteiger partial charge in [-0.05, 0) is 37.8 Å². The minimum absolute atomic E-state index is 0.0142. The van der Waals surface area contributed by atoms with Gasteiger partial charge in [0, 0.05) is 18.4 Å². The number of hydrogen-bond acceptors (Lipinski definition) is 2. The van der Waals surface area contributed by atoms with Gasteiger partial charge in [-0.3, -0.25) is 9.78 Å². The van der Waals surface area contributed by atoms with Gasteiger partial charge in [-0.2, -0.15) is 0 Å². The molecule has 0 spiro atoms. The van der Waals surface area contributed by atoms with Crippen molar-refractivity contribution in [1.82, 2.24) is 10.3 Å². The maximum absolute atomic E-state index is 11.7. The summed E-state index contributed by atoms with van der Waals surface area (Å²) >= 11 is 0. The minimum Gasteiger partial charge on any atom is -0.349 e. The van der Waals surface area contributed by atoms with Crippen molar-refractivity contribution in [1.29, 1.82) is 0 Å². The Balaban J connectivity index is 2.06. The Hall–Kier alpha value is -1.38. The van der Waals surface area contributed by atoms with Crippen molar-refractivity contribution >= 4 is 5.91 Å². The molecule has 1 aliphatic rings. The van der Waals surface area contributed by atoms with E-state index in [1.165, 1.54) is 6.42 Å². The van der Waals surface area contributed by atoms with Gasteiger partial charge in [0.15, 0.2) is 0 Å². The van der Waals surface area contributed by atoms with Crippen LogP contribution in [0.5, 0.6) is 0 Å². The maximum atomic E-state index is 11.7. The first kappa shape index (κ1) is 9.19. The molecule has 0 aromatic carbocycles. The molecule has 0 aliphatic heterocycles. The van der Waals surface area contributed by atoms with Gasteiger partial charge in [0.25, 0.3) is 5.91 Å². The molecule has 1 aromatic rings. The Morgan fingerprint density at radius 3 is 2.93 bits per heavy atom. The Bertz CT molecular complexity index is 345. The van der Waals surface area contributed by atoms with Crippen LogP contribution in [0.2, 0.25) is 0 Å². The van der Waals surface area contributed by atoms with Gasteiger partial charge in [-0.15, -0.1) is 0 Å². The van der Waals surface area contributed by atoms with Crippen LogP contribution in [0.3, 0.4) is 0 Å². The van der Waals surface area contributed by atoms with E-state index >= 15 is 0 Å². The third-order valence-electron chi connectivity index (χ3n) is 2.72. The highest BCUT2D eigenvalue weighted by atomic mass is 16.1. The molecule has 1 aliphatic carbocycles. The van der Waals surface area contributed by atoms with Crippen LogP contribution in [-0.4, -0.2) is 16.9 Å². The van der Waals surface area contributed by atoms with Crippen LogP contribution < -0.4 is 5.32 Å². The van der Waals surface area contributed by atoms with Crippen LogP contribution in [0.25, 0.3) is 0 Å². The Labute approximate surface area is 83.5 Å². The van der Waals surface area contributed by atoms with Gasteiger partial charge < -0.3 is 5.32 Å². The predicted octanol–water partition coefficient (Wildman–Crippen LogP) is 1.67. The zero-order chi connectivity index (χ0) is 9.97. The number of nitrogens with one attached hydrogen (secondary N) is 1. The highest BCUT2D eigenvalue weighted by Gasteiger charge is 2.20. The topological polar surface area (TPSA) is 42.0 Å². The summed E-state index contributed by atoms with van der Waals surface area (Å²) in [6.45, 7) is 1.93. The molecule has 1 fully saturated rings. The highest BCUT2D eigenvalue weighted by Crippen LogP contribution is 2.18. The second kappa shape index (κ2) is 3.78. The largest absolute Gasteiger partial charge is 0.349 e. The van der Waals surface area contributed by atoms with Crippen molar-refractivity contribution in [3.8, 4) is 0 Å². The van der Waals surface area contributed by atoms with Gasteiger partial charge in [0.1, 0.15) is 0 Å². The summed E-state index contributed by atoms with van der Waals surface area (Å²) in [4.78, 5) is 15.7. The van der Waals surface area contributed by atoms with E-state index in [9.17, 15) is 4.79 Å². The monoisotopic (exact) mass is 190 g/mol. The summed E-state index contributed by atoms with van der Waals surface area (Å²) in [5, 5.41) is 2.99. The number of aryl methyl sites for hydroxylation is 1. The smallest absolute Gasteiger partial charge is 0.253 e. The summed E-state index contributed by atoms with van der Waals surface area (Å²) in [5.41, 5.74) is 1.68. The molecule has 0 saturated heterocycles. The lowest BCUT2D eigenvalue weighted by Crippen LogP contribution is -2.39. The van der Waals surface area contributed by atoms with Crippen molar-refractivity contribution in [3.05, 3.63) is 29.6 Å². The second-order valence-electron chi connectivity index (χ2n) is 3.79. The van der Waals surface area contributed by atoms with Crippen LogP contribution in [0, 0.1) is 6.92 Å². The van der Waals surface area contributed by atoms with E-state index in [0.29, 0.717) is 11.6 Å². The molecule has 1 aromatic heterocycles. The normalized spacial score (nSPS) is 16.1. The summed E-state index contributed by atoms with van der Waals surface area (Å²) in [7, 11) is 0. The zero-order valence-corrected chi connectivity index (χ0v) is 8.29. The van der Waals surface area contributed by atoms with Crippen molar-refractivity contribution in [2.24, 2.45) is 0 Å². The quantitative estimate of drug-likeness (QED) is 0.770. The van der Waals surface area contributed by atoms with Crippen LogP contribution in [0.4, 0.5) is 0 Å². The molecule has 14 heavy (non-hydrogen) atoms. The fraction of sp³-hybridized carbons (Fsp3) is 0.455. The molecule has 0 atom stereocenters. The average molecular weight is 190 g/mol. The molecule has 1 heterocycles. The van der Waals surface area contributed by atoms with E-state index in [4.69, 9.17) is 0 Å². The van der Waals surface area contributed by atoms with Crippen LogP contribution in [0.1, 0.15) is 35.2 Å². The lowest BCUT2D eigenvalue weighted by molar-refractivity contribution is 0.0916. The molecule has 3 nitrogen and oxygen atoms in total. The lowest BCUT2D eigenvalue weighted by Gasteiger charge is -2.26. The summed E-state index contributed by atoms with van der Waals surface area (Å²) in [6.07, 6.45) is 6.80. The molecule has 1 amide bonds. The summed E-state index contributed by atoms with van der Waals surface area (Å²) in [6, 6.07) is 2.25. The molecular weight excluding hydrogens is 176 g/mol. The SMILES string of the molecule is Cc1ccncc1C(=O)NC1CCC1. The van der Waals surface area contributed by atoms with Gasteiger partial charge >= 0.3 is 0 Å².